The Morgan fingerprint density at radius 3 is 2.29 bits per heavy atom. The normalized spacial score (nSPS) is 12.0. The first-order valence-electron chi connectivity index (χ1n) is 8.79. The number of hydrogen-bond acceptors (Lipinski definition) is 2. The van der Waals surface area contributed by atoms with E-state index in [2.05, 4.69) is 23.8 Å². The maximum Gasteiger partial charge on any atom is 0.251 e. The van der Waals surface area contributed by atoms with E-state index in [1.54, 1.807) is 42.5 Å². The zero-order chi connectivity index (χ0) is 20.5. The molecule has 0 saturated heterocycles. The van der Waals surface area contributed by atoms with E-state index in [0.29, 0.717) is 10.6 Å². The number of carbonyl (C=O) groups excluding carboxylic acids is 2. The first-order valence-corrected chi connectivity index (χ1v) is 9.17. The number of hydrogen-bond donors (Lipinski definition) is 2. The Labute approximate surface area is 170 Å². The number of allylic oxidation sites excluding steroid dienone is 2. The molecule has 2 N–H and O–H groups in total. The summed E-state index contributed by atoms with van der Waals surface area (Å²) < 4.78 is 0. The van der Waals surface area contributed by atoms with Gasteiger partial charge in [-0.2, -0.15) is 0 Å². The fourth-order valence-corrected chi connectivity index (χ4v) is 2.74. The van der Waals surface area contributed by atoms with Gasteiger partial charge in [0.05, 0.1) is 12.6 Å². The molecule has 0 heterocycles. The van der Waals surface area contributed by atoms with Crippen LogP contribution in [-0.2, 0) is 4.79 Å². The third-order valence-electron chi connectivity index (χ3n) is 4.11. The van der Waals surface area contributed by atoms with Crippen LogP contribution in [0.5, 0.6) is 0 Å². The van der Waals surface area contributed by atoms with Crippen LogP contribution < -0.4 is 10.6 Å². The Kier molecular flexibility index (Phi) is 7.78. The molecule has 0 fully saturated rings. The molecule has 144 valence electrons. The Balaban J connectivity index is 2.09. The Bertz CT molecular complexity index is 884. The highest BCUT2D eigenvalue weighted by molar-refractivity contribution is 6.30. The zero-order valence-corrected chi connectivity index (χ0v) is 16.5. The van der Waals surface area contributed by atoms with Crippen LogP contribution in [0.15, 0.2) is 85.5 Å². The van der Waals surface area contributed by atoms with E-state index in [9.17, 15) is 9.59 Å². The Morgan fingerprint density at radius 2 is 1.71 bits per heavy atom. The first-order chi connectivity index (χ1) is 13.4. The van der Waals surface area contributed by atoms with Crippen molar-refractivity contribution in [3.63, 3.8) is 0 Å². The van der Waals surface area contributed by atoms with Crippen LogP contribution in [0.3, 0.4) is 0 Å². The Morgan fingerprint density at radius 1 is 1.07 bits per heavy atom. The van der Waals surface area contributed by atoms with Crippen molar-refractivity contribution in [2.45, 2.75) is 13.0 Å². The highest BCUT2D eigenvalue weighted by atomic mass is 35.5. The SMILES string of the molecule is C=C/C=C(\C=C)C(NC(=O)CNC(=O)c1ccc(Cl)cc1)c1ccc(C)cc1. The van der Waals surface area contributed by atoms with Crippen molar-refractivity contribution >= 4 is 23.4 Å². The van der Waals surface area contributed by atoms with Crippen molar-refractivity contribution in [2.75, 3.05) is 6.54 Å². The zero-order valence-electron chi connectivity index (χ0n) is 15.7. The Hall–Kier alpha value is -3.11. The number of rotatable bonds is 8. The third-order valence-corrected chi connectivity index (χ3v) is 4.36. The molecule has 0 bridgehead atoms. The van der Waals surface area contributed by atoms with Crippen LogP contribution in [0.1, 0.15) is 27.5 Å². The summed E-state index contributed by atoms with van der Waals surface area (Å²) in [4.78, 5) is 24.6. The van der Waals surface area contributed by atoms with Crippen LogP contribution in [0.4, 0.5) is 0 Å². The monoisotopic (exact) mass is 394 g/mol. The lowest BCUT2D eigenvalue weighted by molar-refractivity contribution is -0.120. The number of nitrogens with one attached hydrogen (secondary N) is 2. The second-order valence-electron chi connectivity index (χ2n) is 6.21. The molecule has 2 amide bonds. The van der Waals surface area contributed by atoms with E-state index in [-0.39, 0.29) is 18.4 Å². The lowest BCUT2D eigenvalue weighted by Crippen LogP contribution is -2.39. The quantitative estimate of drug-likeness (QED) is 0.646. The molecule has 0 aliphatic rings. The first kappa shape index (κ1) is 21.2. The summed E-state index contributed by atoms with van der Waals surface area (Å²) in [6, 6.07) is 13.9. The molecule has 0 spiro atoms. The number of amides is 2. The molecule has 1 unspecified atom stereocenters. The van der Waals surface area contributed by atoms with E-state index < -0.39 is 6.04 Å². The van der Waals surface area contributed by atoms with Crippen LogP contribution in [0, 0.1) is 6.92 Å². The summed E-state index contributed by atoms with van der Waals surface area (Å²) in [6.07, 6.45) is 5.12. The van der Waals surface area contributed by atoms with Crippen LogP contribution >= 0.6 is 11.6 Å². The van der Waals surface area contributed by atoms with Gasteiger partial charge in [-0.15, -0.1) is 0 Å². The molecule has 2 aromatic carbocycles. The number of carbonyl (C=O) groups is 2. The fraction of sp³-hybridized carbons (Fsp3) is 0.130. The molecule has 0 aliphatic carbocycles. The van der Waals surface area contributed by atoms with Crippen LogP contribution in [0.25, 0.3) is 0 Å². The highest BCUT2D eigenvalue weighted by Gasteiger charge is 2.18. The van der Waals surface area contributed by atoms with Gasteiger partial charge in [0.1, 0.15) is 0 Å². The van der Waals surface area contributed by atoms with Crippen molar-refractivity contribution < 1.29 is 9.59 Å². The second kappa shape index (κ2) is 10.3. The molecule has 5 heteroatoms. The van der Waals surface area contributed by atoms with Crippen molar-refractivity contribution in [1.29, 1.82) is 0 Å². The molecule has 2 rings (SSSR count). The summed E-state index contributed by atoms with van der Waals surface area (Å²) in [5.41, 5.74) is 3.27. The van der Waals surface area contributed by atoms with Gasteiger partial charge in [-0.1, -0.05) is 72.8 Å². The fourth-order valence-electron chi connectivity index (χ4n) is 2.61. The predicted octanol–water partition coefficient (Wildman–Crippen LogP) is 4.53. The average molecular weight is 395 g/mol. The minimum atomic E-state index is -0.393. The maximum atomic E-state index is 12.5. The van der Waals surface area contributed by atoms with Gasteiger partial charge in [-0.05, 0) is 42.3 Å². The van der Waals surface area contributed by atoms with E-state index in [1.807, 2.05) is 31.2 Å². The van der Waals surface area contributed by atoms with Gasteiger partial charge in [-0.25, -0.2) is 0 Å². The van der Waals surface area contributed by atoms with E-state index in [1.165, 1.54) is 0 Å². The van der Waals surface area contributed by atoms with Gasteiger partial charge in [0.2, 0.25) is 5.91 Å². The highest BCUT2D eigenvalue weighted by Crippen LogP contribution is 2.23. The third kappa shape index (κ3) is 5.96. The summed E-state index contributed by atoms with van der Waals surface area (Å²) in [6.45, 7) is 9.38. The van der Waals surface area contributed by atoms with Gasteiger partial charge in [0.25, 0.3) is 5.91 Å². The van der Waals surface area contributed by atoms with Gasteiger partial charge >= 0.3 is 0 Å². The van der Waals surface area contributed by atoms with Gasteiger partial charge in [0.15, 0.2) is 0 Å². The van der Waals surface area contributed by atoms with Crippen molar-refractivity contribution in [2.24, 2.45) is 0 Å². The molecule has 1 atom stereocenters. The standard InChI is InChI=1S/C23H23ClN2O2/c1-4-6-17(5-2)22(18-9-7-16(3)8-10-18)26-21(27)15-25-23(28)19-11-13-20(24)14-12-19/h4-14,22H,1-2,15H2,3H3,(H,25,28)(H,26,27)/b17-6+. The minimum absolute atomic E-state index is 0.150. The molecule has 0 aliphatic heterocycles. The van der Waals surface area contributed by atoms with E-state index in [0.717, 1.165) is 16.7 Å². The molecular weight excluding hydrogens is 372 g/mol. The minimum Gasteiger partial charge on any atom is -0.344 e. The van der Waals surface area contributed by atoms with Crippen molar-refractivity contribution in [3.05, 3.63) is 107 Å². The van der Waals surface area contributed by atoms with Crippen LogP contribution in [0.2, 0.25) is 5.02 Å². The average Bonchev–Trinajstić information content (AvgIpc) is 2.70. The molecule has 0 radical (unpaired) electrons. The van der Waals surface area contributed by atoms with Gasteiger partial charge in [0, 0.05) is 10.6 Å². The van der Waals surface area contributed by atoms with E-state index in [4.69, 9.17) is 11.6 Å². The second-order valence-corrected chi connectivity index (χ2v) is 6.64. The lowest BCUT2D eigenvalue weighted by Gasteiger charge is -2.21. The molecule has 0 saturated carbocycles. The summed E-state index contributed by atoms with van der Waals surface area (Å²) in [5, 5.41) is 6.10. The molecule has 4 nitrogen and oxygen atoms in total. The summed E-state index contributed by atoms with van der Waals surface area (Å²) >= 11 is 5.82. The number of halogens is 1. The summed E-state index contributed by atoms with van der Waals surface area (Å²) in [5.74, 6) is -0.658. The van der Waals surface area contributed by atoms with Gasteiger partial charge in [-0.3, -0.25) is 9.59 Å². The van der Waals surface area contributed by atoms with Crippen molar-refractivity contribution in [1.82, 2.24) is 10.6 Å². The van der Waals surface area contributed by atoms with Gasteiger partial charge < -0.3 is 10.6 Å². The smallest absolute Gasteiger partial charge is 0.251 e. The molecule has 0 aromatic heterocycles. The summed E-state index contributed by atoms with van der Waals surface area (Å²) in [7, 11) is 0. The molecule has 2 aromatic rings. The van der Waals surface area contributed by atoms with E-state index >= 15 is 0 Å². The van der Waals surface area contributed by atoms with Crippen molar-refractivity contribution in [3.8, 4) is 0 Å². The maximum absolute atomic E-state index is 12.5. The molecular formula is C23H23ClN2O2. The number of benzene rings is 2. The van der Waals surface area contributed by atoms with Crippen LogP contribution in [-0.4, -0.2) is 18.4 Å². The predicted molar refractivity (Wildman–Crippen MR) is 114 cm³/mol. The largest absolute Gasteiger partial charge is 0.344 e. The molecule has 28 heavy (non-hydrogen) atoms. The topological polar surface area (TPSA) is 58.2 Å². The lowest BCUT2D eigenvalue weighted by atomic mass is 9.97. The number of aryl methyl sites for hydroxylation is 1.